The van der Waals surface area contributed by atoms with Crippen LogP contribution < -0.4 is 4.74 Å². The second kappa shape index (κ2) is 4.58. The first-order chi connectivity index (χ1) is 9.58. The molecule has 0 atom stereocenters. The number of H-pyrrole nitrogens is 1. The average Bonchev–Trinajstić information content (AvgIpc) is 2.68. The number of rotatable bonds is 4. The lowest BCUT2D eigenvalue weighted by Crippen LogP contribution is -2.14. The van der Waals surface area contributed by atoms with Crippen LogP contribution in [-0.4, -0.2) is 37.6 Å². The van der Waals surface area contributed by atoms with Crippen LogP contribution in [0.2, 0.25) is 0 Å². The molecule has 0 radical (unpaired) electrons. The first-order valence-corrected chi connectivity index (χ1v) is 5.04. The fourth-order valence-corrected chi connectivity index (χ4v) is 1.55. The number of hydrogen-bond donors (Lipinski definition) is 1. The van der Waals surface area contributed by atoms with Crippen molar-refractivity contribution in [2.45, 2.75) is 6.37 Å². The van der Waals surface area contributed by atoms with Gasteiger partial charge in [-0.3, -0.25) is 0 Å². The topological polar surface area (TPSA) is 28.3 Å². The van der Waals surface area contributed by atoms with Gasteiger partial charge in [0, 0.05) is 26.4 Å². The Hall–Kier alpha value is -1.48. The number of aromatic nitrogens is 1. The van der Waals surface area contributed by atoms with Crippen molar-refractivity contribution in [1.82, 2.24) is 9.88 Å². The van der Waals surface area contributed by atoms with E-state index in [9.17, 15) is 0 Å². The third-order valence-corrected chi connectivity index (χ3v) is 2.36. The Bertz CT molecular complexity index is 633. The first kappa shape index (κ1) is 6.30. The van der Waals surface area contributed by atoms with Crippen molar-refractivity contribution in [3.05, 3.63) is 30.0 Å². The van der Waals surface area contributed by atoms with Gasteiger partial charge < -0.3 is 14.6 Å². The molecular formula is C13H18N2O. The summed E-state index contributed by atoms with van der Waals surface area (Å²) in [6.45, 7) is 0.226. The Balaban J connectivity index is 2.44. The number of aromatic amines is 1. The molecule has 0 fully saturated rings. The predicted octanol–water partition coefficient (Wildman–Crippen LogP) is 2.28. The van der Waals surface area contributed by atoms with Gasteiger partial charge in [-0.2, -0.15) is 0 Å². The summed E-state index contributed by atoms with van der Waals surface area (Å²) in [4.78, 5) is 4.77. The lowest BCUT2D eigenvalue weighted by Gasteiger charge is -2.08. The van der Waals surface area contributed by atoms with Crippen LogP contribution in [0.15, 0.2) is 24.4 Å². The SMILES string of the molecule is [2H]C([2H])([2H])Oc1ccc2[nH]cc(C([2H])([2H])CN(C)C)c2c1. The second-order valence-electron chi connectivity index (χ2n) is 3.93. The van der Waals surface area contributed by atoms with E-state index in [0.29, 0.717) is 10.9 Å². The van der Waals surface area contributed by atoms with Gasteiger partial charge in [0.25, 0.3) is 0 Å². The summed E-state index contributed by atoms with van der Waals surface area (Å²) in [5.41, 5.74) is 1.23. The smallest absolute Gasteiger partial charge is 0.119 e. The molecule has 2 rings (SSSR count). The number of nitrogens with zero attached hydrogens (tertiary/aromatic N) is 1. The molecule has 0 spiro atoms. The largest absolute Gasteiger partial charge is 0.497 e. The molecule has 2 aromatic rings. The highest BCUT2D eigenvalue weighted by Crippen LogP contribution is 2.23. The minimum atomic E-state index is -2.52. The van der Waals surface area contributed by atoms with Crippen LogP contribution in [0.25, 0.3) is 10.9 Å². The van der Waals surface area contributed by atoms with Crippen LogP contribution >= 0.6 is 0 Å². The third-order valence-electron chi connectivity index (χ3n) is 2.36. The molecule has 1 heterocycles. The summed E-state index contributed by atoms with van der Waals surface area (Å²) in [5.74, 6) is 0.198. The fourth-order valence-electron chi connectivity index (χ4n) is 1.55. The monoisotopic (exact) mass is 223 g/mol. The average molecular weight is 223 g/mol. The van der Waals surface area contributed by atoms with E-state index in [-0.39, 0.29) is 12.3 Å². The number of benzene rings is 1. The molecule has 16 heavy (non-hydrogen) atoms. The molecule has 0 aliphatic heterocycles. The number of hydrogen-bond acceptors (Lipinski definition) is 2. The standard InChI is InChI=1S/C13H18N2O/c1-15(2)7-6-10-9-14-13-5-4-11(16-3)8-12(10)13/h4-5,8-9,14H,6-7H2,1-3H3/i3D3,6D2. The van der Waals surface area contributed by atoms with Crippen molar-refractivity contribution >= 4 is 10.9 Å². The quantitative estimate of drug-likeness (QED) is 0.861. The second-order valence-corrected chi connectivity index (χ2v) is 3.93. The maximum Gasteiger partial charge on any atom is 0.119 e. The van der Waals surface area contributed by atoms with Crippen molar-refractivity contribution in [3.8, 4) is 5.75 Å². The first-order valence-electron chi connectivity index (χ1n) is 7.54. The van der Waals surface area contributed by atoms with E-state index in [0.717, 1.165) is 5.52 Å². The zero-order valence-corrected chi connectivity index (χ0v) is 9.37. The highest BCUT2D eigenvalue weighted by molar-refractivity contribution is 5.84. The van der Waals surface area contributed by atoms with E-state index < -0.39 is 13.4 Å². The van der Waals surface area contributed by atoms with Crippen LogP contribution in [0, 0.1) is 0 Å². The van der Waals surface area contributed by atoms with Crippen LogP contribution in [0.1, 0.15) is 12.4 Å². The Kier molecular flexibility index (Phi) is 1.80. The Morgan fingerprint density at radius 2 is 2.38 bits per heavy atom. The predicted molar refractivity (Wildman–Crippen MR) is 67.1 cm³/mol. The van der Waals surface area contributed by atoms with Gasteiger partial charge >= 0.3 is 0 Å². The molecule has 86 valence electrons. The number of nitrogens with one attached hydrogen (secondary N) is 1. The maximum absolute atomic E-state index is 8.20. The molecule has 0 saturated carbocycles. The van der Waals surface area contributed by atoms with Gasteiger partial charge in [0.2, 0.25) is 0 Å². The van der Waals surface area contributed by atoms with Crippen LogP contribution in [0.5, 0.6) is 5.75 Å². The van der Waals surface area contributed by atoms with Gasteiger partial charge in [0.1, 0.15) is 5.75 Å². The van der Waals surface area contributed by atoms with Crippen molar-refractivity contribution in [2.24, 2.45) is 0 Å². The van der Waals surface area contributed by atoms with Crippen molar-refractivity contribution in [2.75, 3.05) is 27.7 Å². The molecule has 0 aliphatic rings. The number of ether oxygens (including phenoxy) is 1. The fraction of sp³-hybridized carbons (Fsp3) is 0.385. The normalized spacial score (nSPS) is 17.6. The maximum atomic E-state index is 8.20. The Morgan fingerprint density at radius 1 is 1.50 bits per heavy atom. The minimum absolute atomic E-state index is 0.198. The Labute approximate surface area is 103 Å². The van der Waals surface area contributed by atoms with Gasteiger partial charge in [-0.15, -0.1) is 0 Å². The summed E-state index contributed by atoms with van der Waals surface area (Å²) in [6.07, 6.45) is 0.0631. The van der Waals surface area contributed by atoms with Crippen molar-refractivity contribution < 1.29 is 11.6 Å². The highest BCUT2D eigenvalue weighted by atomic mass is 16.5. The summed E-state index contributed by atoms with van der Waals surface area (Å²) in [6, 6.07) is 4.79. The number of methoxy groups -OCH3 is 1. The molecule has 1 aromatic carbocycles. The van der Waals surface area contributed by atoms with E-state index in [4.69, 9.17) is 11.6 Å². The molecule has 1 aromatic heterocycles. The molecule has 1 N–H and O–H groups in total. The molecule has 0 unspecified atom stereocenters. The highest BCUT2D eigenvalue weighted by Gasteiger charge is 2.05. The van der Waals surface area contributed by atoms with Crippen LogP contribution in [-0.2, 0) is 6.37 Å². The number of likely N-dealkylation sites (N-methyl/N-ethyl adjacent to an activating group) is 1. The van der Waals surface area contributed by atoms with E-state index >= 15 is 0 Å². The molecule has 3 heteroatoms. The van der Waals surface area contributed by atoms with Gasteiger partial charge in [0.15, 0.2) is 0 Å². The van der Waals surface area contributed by atoms with Gasteiger partial charge in [0.05, 0.1) is 11.2 Å². The zero-order chi connectivity index (χ0) is 15.8. The molecule has 0 saturated heterocycles. The lowest BCUT2D eigenvalue weighted by atomic mass is 10.1. The van der Waals surface area contributed by atoms with Crippen molar-refractivity contribution in [1.29, 1.82) is 0 Å². The van der Waals surface area contributed by atoms with E-state index in [2.05, 4.69) is 4.98 Å². The Morgan fingerprint density at radius 3 is 3.12 bits per heavy atom. The summed E-state index contributed by atoms with van der Waals surface area (Å²) >= 11 is 0. The third kappa shape index (κ3) is 2.19. The summed E-state index contributed by atoms with van der Waals surface area (Å²) < 4.78 is 42.7. The minimum Gasteiger partial charge on any atom is -0.497 e. The summed E-state index contributed by atoms with van der Waals surface area (Å²) in [5, 5.41) is 0.628. The van der Waals surface area contributed by atoms with Crippen molar-refractivity contribution in [3.63, 3.8) is 0 Å². The van der Waals surface area contributed by atoms with Crippen LogP contribution in [0.3, 0.4) is 0 Å². The molecule has 3 nitrogen and oxygen atoms in total. The van der Waals surface area contributed by atoms with Gasteiger partial charge in [-0.05, 0) is 44.2 Å². The lowest BCUT2D eigenvalue weighted by molar-refractivity contribution is 0.413. The molecule has 0 bridgehead atoms. The van der Waals surface area contributed by atoms with E-state index in [1.807, 2.05) is 0 Å². The van der Waals surface area contributed by atoms with E-state index in [1.165, 1.54) is 0 Å². The molecular weight excluding hydrogens is 200 g/mol. The van der Waals surface area contributed by atoms with E-state index in [1.54, 1.807) is 43.4 Å². The zero-order valence-electron chi connectivity index (χ0n) is 14.4. The van der Waals surface area contributed by atoms with Gasteiger partial charge in [-0.25, -0.2) is 0 Å². The molecule has 0 aliphatic carbocycles. The van der Waals surface area contributed by atoms with Crippen LogP contribution in [0.4, 0.5) is 0 Å². The summed E-state index contributed by atoms with van der Waals surface area (Å²) in [7, 11) is 1.08. The molecule has 0 amide bonds. The number of fused-ring (bicyclic) bond motifs is 1. The van der Waals surface area contributed by atoms with Gasteiger partial charge in [-0.1, -0.05) is 0 Å².